The number of rotatable bonds is 3. The van der Waals surface area contributed by atoms with Crippen LogP contribution in [0.5, 0.6) is 5.75 Å². The summed E-state index contributed by atoms with van der Waals surface area (Å²) in [5.74, 6) is 0.866. The van der Waals surface area contributed by atoms with E-state index >= 15 is 0 Å². The fraction of sp³-hybridized carbons (Fsp3) is 0.562. The summed E-state index contributed by atoms with van der Waals surface area (Å²) in [4.78, 5) is 2.49. The molecule has 2 fully saturated rings. The van der Waals surface area contributed by atoms with Crippen molar-refractivity contribution in [3.63, 3.8) is 0 Å². The van der Waals surface area contributed by atoms with Gasteiger partial charge < -0.3 is 9.47 Å². The Morgan fingerprint density at radius 1 is 1.45 bits per heavy atom. The molecule has 2 aliphatic rings. The van der Waals surface area contributed by atoms with Crippen LogP contribution in [-0.4, -0.2) is 37.3 Å². The summed E-state index contributed by atoms with van der Waals surface area (Å²) in [6.07, 6.45) is 4.04. The molecule has 4 heteroatoms. The van der Waals surface area contributed by atoms with Gasteiger partial charge in [-0.1, -0.05) is 0 Å². The van der Waals surface area contributed by atoms with Crippen molar-refractivity contribution in [2.45, 2.75) is 38.0 Å². The van der Waals surface area contributed by atoms with Crippen LogP contribution < -0.4 is 4.74 Å². The van der Waals surface area contributed by atoms with Gasteiger partial charge in [0.05, 0.1) is 31.5 Å². The van der Waals surface area contributed by atoms with E-state index in [1.54, 1.807) is 13.2 Å². The van der Waals surface area contributed by atoms with Crippen LogP contribution in [0.25, 0.3) is 0 Å². The maximum atomic E-state index is 9.06. The molecule has 1 heterocycles. The maximum Gasteiger partial charge on any atom is 0.123 e. The van der Waals surface area contributed by atoms with Crippen LogP contribution in [0.3, 0.4) is 0 Å². The third-order valence-electron chi connectivity index (χ3n) is 4.38. The molecule has 0 amide bonds. The minimum Gasteiger partial charge on any atom is -0.496 e. The summed E-state index contributed by atoms with van der Waals surface area (Å²) in [6.45, 7) is 2.60. The van der Waals surface area contributed by atoms with Gasteiger partial charge in [0.2, 0.25) is 0 Å². The molecule has 0 spiro atoms. The Kier molecular flexibility index (Phi) is 3.90. The van der Waals surface area contributed by atoms with E-state index in [0.717, 1.165) is 31.0 Å². The number of nitrogens with zero attached hydrogens (tertiary/aromatic N) is 2. The summed E-state index contributed by atoms with van der Waals surface area (Å²) in [7, 11) is 1.68. The zero-order valence-electron chi connectivity index (χ0n) is 11.8. The van der Waals surface area contributed by atoms with Crippen molar-refractivity contribution in [2.24, 2.45) is 0 Å². The molecule has 0 aromatic heterocycles. The Balaban J connectivity index is 1.81. The largest absolute Gasteiger partial charge is 0.496 e. The predicted molar refractivity (Wildman–Crippen MR) is 75.5 cm³/mol. The van der Waals surface area contributed by atoms with Gasteiger partial charge in [-0.15, -0.1) is 0 Å². The first kappa shape index (κ1) is 13.4. The molecule has 1 saturated heterocycles. The smallest absolute Gasteiger partial charge is 0.123 e. The van der Waals surface area contributed by atoms with Crippen molar-refractivity contribution in [2.75, 3.05) is 20.3 Å². The quantitative estimate of drug-likeness (QED) is 0.847. The number of fused-ring (bicyclic) bond motifs is 1. The standard InChI is InChI=1S/C16H20N2O2/c1-19-15-6-5-12(10-17)9-13(15)11-18-7-8-20-16-4-2-3-14(16)18/h5-6,9,14,16H,2-4,7-8,11H2,1H3. The van der Waals surface area contributed by atoms with E-state index in [2.05, 4.69) is 11.0 Å². The number of morpholine rings is 1. The van der Waals surface area contributed by atoms with Crippen LogP contribution in [0.4, 0.5) is 0 Å². The van der Waals surface area contributed by atoms with Gasteiger partial charge in [-0.3, -0.25) is 4.90 Å². The Morgan fingerprint density at radius 3 is 3.15 bits per heavy atom. The lowest BCUT2D eigenvalue weighted by Gasteiger charge is -2.37. The molecule has 106 valence electrons. The Hall–Kier alpha value is -1.57. The minimum absolute atomic E-state index is 0.397. The minimum atomic E-state index is 0.397. The van der Waals surface area contributed by atoms with Crippen LogP contribution in [0.1, 0.15) is 30.4 Å². The highest BCUT2D eigenvalue weighted by Gasteiger charge is 2.36. The van der Waals surface area contributed by atoms with Crippen LogP contribution in [0, 0.1) is 11.3 Å². The van der Waals surface area contributed by atoms with E-state index in [4.69, 9.17) is 14.7 Å². The van der Waals surface area contributed by atoms with Gasteiger partial charge in [0, 0.05) is 24.7 Å². The predicted octanol–water partition coefficient (Wildman–Crippen LogP) is 2.32. The van der Waals surface area contributed by atoms with E-state index in [1.807, 2.05) is 12.1 Å². The average molecular weight is 272 g/mol. The number of benzene rings is 1. The molecule has 2 unspecified atom stereocenters. The molecule has 20 heavy (non-hydrogen) atoms. The van der Waals surface area contributed by atoms with Crippen molar-refractivity contribution in [3.05, 3.63) is 29.3 Å². The van der Waals surface area contributed by atoms with Crippen molar-refractivity contribution in [1.82, 2.24) is 4.90 Å². The van der Waals surface area contributed by atoms with Crippen molar-refractivity contribution in [1.29, 1.82) is 5.26 Å². The van der Waals surface area contributed by atoms with Crippen LogP contribution in [-0.2, 0) is 11.3 Å². The lowest BCUT2D eigenvalue weighted by molar-refractivity contribution is -0.0589. The molecule has 3 rings (SSSR count). The summed E-state index contributed by atoms with van der Waals surface area (Å²) >= 11 is 0. The molecule has 1 saturated carbocycles. The van der Waals surface area contributed by atoms with Gasteiger partial charge in [0.25, 0.3) is 0 Å². The number of methoxy groups -OCH3 is 1. The van der Waals surface area contributed by atoms with Crippen molar-refractivity contribution < 1.29 is 9.47 Å². The van der Waals surface area contributed by atoms with Gasteiger partial charge in [0.15, 0.2) is 0 Å². The SMILES string of the molecule is COc1ccc(C#N)cc1CN1CCOC2CCCC21. The molecule has 2 atom stereocenters. The van der Waals surface area contributed by atoms with Gasteiger partial charge in [0.1, 0.15) is 5.75 Å². The maximum absolute atomic E-state index is 9.06. The number of ether oxygens (including phenoxy) is 2. The normalized spacial score (nSPS) is 26.0. The highest BCUT2D eigenvalue weighted by Crippen LogP contribution is 2.32. The third-order valence-corrected chi connectivity index (χ3v) is 4.38. The molecule has 0 N–H and O–H groups in total. The molecule has 1 aliphatic carbocycles. The molecular formula is C16H20N2O2. The van der Waals surface area contributed by atoms with E-state index in [0.29, 0.717) is 17.7 Å². The third kappa shape index (κ3) is 2.52. The Labute approximate surface area is 119 Å². The molecule has 1 aromatic carbocycles. The van der Waals surface area contributed by atoms with Crippen molar-refractivity contribution >= 4 is 0 Å². The monoisotopic (exact) mass is 272 g/mol. The van der Waals surface area contributed by atoms with Crippen LogP contribution in [0.2, 0.25) is 0 Å². The molecule has 4 nitrogen and oxygen atoms in total. The van der Waals surface area contributed by atoms with E-state index < -0.39 is 0 Å². The van der Waals surface area contributed by atoms with Crippen LogP contribution >= 0.6 is 0 Å². The second-order valence-electron chi connectivity index (χ2n) is 5.52. The second kappa shape index (κ2) is 5.82. The molecule has 1 aliphatic heterocycles. The topological polar surface area (TPSA) is 45.5 Å². The summed E-state index contributed by atoms with van der Waals surface area (Å²) < 4.78 is 11.3. The van der Waals surface area contributed by atoms with E-state index in [-0.39, 0.29) is 0 Å². The van der Waals surface area contributed by atoms with Crippen molar-refractivity contribution in [3.8, 4) is 11.8 Å². The summed E-state index contributed by atoms with van der Waals surface area (Å²) in [6, 6.07) is 8.37. The zero-order valence-corrected chi connectivity index (χ0v) is 11.8. The average Bonchev–Trinajstić information content (AvgIpc) is 2.96. The number of nitriles is 1. The first-order valence-corrected chi connectivity index (χ1v) is 7.24. The van der Waals surface area contributed by atoms with Gasteiger partial charge in [-0.05, 0) is 37.5 Å². The highest BCUT2D eigenvalue weighted by molar-refractivity contribution is 5.42. The summed E-state index contributed by atoms with van der Waals surface area (Å²) in [5, 5.41) is 9.06. The lowest BCUT2D eigenvalue weighted by Crippen LogP contribution is -2.47. The highest BCUT2D eigenvalue weighted by atomic mass is 16.5. The van der Waals surface area contributed by atoms with Crippen LogP contribution in [0.15, 0.2) is 18.2 Å². The van der Waals surface area contributed by atoms with Gasteiger partial charge >= 0.3 is 0 Å². The fourth-order valence-electron chi connectivity index (χ4n) is 3.39. The Bertz CT molecular complexity index is 524. The first-order chi connectivity index (χ1) is 9.81. The Morgan fingerprint density at radius 2 is 2.35 bits per heavy atom. The lowest BCUT2D eigenvalue weighted by atomic mass is 10.1. The number of hydrogen-bond acceptors (Lipinski definition) is 4. The van der Waals surface area contributed by atoms with E-state index in [9.17, 15) is 0 Å². The van der Waals surface area contributed by atoms with Gasteiger partial charge in [-0.25, -0.2) is 0 Å². The molecular weight excluding hydrogens is 252 g/mol. The van der Waals surface area contributed by atoms with E-state index in [1.165, 1.54) is 19.3 Å². The van der Waals surface area contributed by atoms with Gasteiger partial charge in [-0.2, -0.15) is 5.26 Å². The second-order valence-corrected chi connectivity index (χ2v) is 5.52. The first-order valence-electron chi connectivity index (χ1n) is 7.24. The molecule has 0 radical (unpaired) electrons. The number of hydrogen-bond donors (Lipinski definition) is 0. The zero-order chi connectivity index (χ0) is 13.9. The molecule has 1 aromatic rings. The molecule has 0 bridgehead atoms. The fourth-order valence-corrected chi connectivity index (χ4v) is 3.39. The summed E-state index contributed by atoms with van der Waals surface area (Å²) in [5.41, 5.74) is 1.79.